The molecule has 1 aromatic carbocycles. The summed E-state index contributed by atoms with van der Waals surface area (Å²) in [5.41, 5.74) is 0.845. The number of halogens is 1. The number of aliphatic carboxylic acids is 1. The first-order valence-corrected chi connectivity index (χ1v) is 5.34. The van der Waals surface area contributed by atoms with E-state index >= 15 is 0 Å². The van der Waals surface area contributed by atoms with E-state index in [2.05, 4.69) is 5.32 Å². The minimum Gasteiger partial charge on any atom is -0.481 e. The van der Waals surface area contributed by atoms with Gasteiger partial charge in [0.2, 0.25) is 5.91 Å². The summed E-state index contributed by atoms with van der Waals surface area (Å²) < 4.78 is 12.8. The first-order valence-electron chi connectivity index (χ1n) is 5.34. The number of piperidine rings is 1. The lowest BCUT2D eigenvalue weighted by molar-refractivity contribution is -0.148. The molecule has 1 aromatic rings. The van der Waals surface area contributed by atoms with Crippen LogP contribution in [0.1, 0.15) is 17.9 Å². The van der Waals surface area contributed by atoms with E-state index < -0.39 is 17.8 Å². The Balaban J connectivity index is 2.15. The zero-order valence-corrected chi connectivity index (χ0v) is 9.02. The predicted octanol–water partition coefficient (Wildman–Crippen LogP) is 1.13. The van der Waals surface area contributed by atoms with Crippen LogP contribution in [-0.2, 0) is 9.59 Å². The van der Waals surface area contributed by atoms with Crippen LogP contribution in [0, 0.1) is 11.7 Å². The van der Waals surface area contributed by atoms with Gasteiger partial charge in [-0.15, -0.1) is 0 Å². The molecule has 1 aliphatic rings. The van der Waals surface area contributed by atoms with E-state index in [1.165, 1.54) is 12.1 Å². The molecule has 2 atom stereocenters. The molecule has 1 amide bonds. The lowest BCUT2D eigenvalue weighted by Gasteiger charge is -2.27. The van der Waals surface area contributed by atoms with Gasteiger partial charge in [0.1, 0.15) is 11.7 Å². The molecule has 90 valence electrons. The third-order valence-electron chi connectivity index (χ3n) is 3.00. The maximum Gasteiger partial charge on any atom is 0.316 e. The first-order chi connectivity index (χ1) is 8.08. The molecule has 17 heavy (non-hydrogen) atoms. The van der Waals surface area contributed by atoms with E-state index in [0.717, 1.165) is 5.56 Å². The Morgan fingerprint density at radius 2 is 2.00 bits per heavy atom. The van der Waals surface area contributed by atoms with E-state index in [9.17, 15) is 14.0 Å². The first kappa shape index (κ1) is 11.6. The summed E-state index contributed by atoms with van der Waals surface area (Å²) in [6.07, 6.45) is 0.257. The molecule has 5 heteroatoms. The molecule has 0 unspecified atom stereocenters. The number of carboxylic acid groups (broad SMARTS) is 1. The normalized spacial score (nSPS) is 24.2. The second-order valence-electron chi connectivity index (χ2n) is 4.12. The number of rotatable bonds is 2. The fourth-order valence-electron chi connectivity index (χ4n) is 2.02. The van der Waals surface area contributed by atoms with Gasteiger partial charge in [-0.2, -0.15) is 0 Å². The minimum atomic E-state index is -1.12. The average molecular weight is 237 g/mol. The van der Waals surface area contributed by atoms with Gasteiger partial charge in [0.05, 0.1) is 0 Å². The quantitative estimate of drug-likeness (QED) is 0.758. The van der Waals surface area contributed by atoms with Gasteiger partial charge in [0.25, 0.3) is 0 Å². The number of hydrogen-bond donors (Lipinski definition) is 2. The molecule has 0 spiro atoms. The van der Waals surface area contributed by atoms with Crippen LogP contribution in [0.2, 0.25) is 0 Å². The van der Waals surface area contributed by atoms with Crippen molar-refractivity contribution < 1.29 is 19.1 Å². The molecule has 2 rings (SSSR count). The van der Waals surface area contributed by atoms with Crippen molar-refractivity contribution >= 4 is 11.9 Å². The van der Waals surface area contributed by atoms with Crippen LogP contribution in [0.5, 0.6) is 0 Å². The van der Waals surface area contributed by atoms with Crippen molar-refractivity contribution in [1.82, 2.24) is 5.32 Å². The molecule has 0 aromatic heterocycles. The number of benzene rings is 1. The summed E-state index contributed by atoms with van der Waals surface area (Å²) in [6, 6.07) is 5.91. The molecule has 1 fully saturated rings. The van der Waals surface area contributed by atoms with Crippen LogP contribution in [0.3, 0.4) is 0 Å². The fraction of sp³-hybridized carbons (Fsp3) is 0.333. The lowest BCUT2D eigenvalue weighted by Crippen LogP contribution is -2.43. The smallest absolute Gasteiger partial charge is 0.316 e. The SMILES string of the molecule is O=C(O)[C@H]1C[C@H](c2ccc(F)cc2)CNC1=O. The van der Waals surface area contributed by atoms with Crippen LogP contribution in [-0.4, -0.2) is 23.5 Å². The summed E-state index contributed by atoms with van der Waals surface area (Å²) in [4.78, 5) is 22.2. The van der Waals surface area contributed by atoms with E-state index in [1.54, 1.807) is 12.1 Å². The highest BCUT2D eigenvalue weighted by atomic mass is 19.1. The minimum absolute atomic E-state index is 0.0746. The Kier molecular flexibility index (Phi) is 3.08. The maximum absolute atomic E-state index is 12.8. The Hall–Kier alpha value is -1.91. The number of carbonyl (C=O) groups excluding carboxylic acids is 1. The highest BCUT2D eigenvalue weighted by Gasteiger charge is 2.34. The number of amides is 1. The van der Waals surface area contributed by atoms with E-state index in [0.29, 0.717) is 6.54 Å². The predicted molar refractivity (Wildman–Crippen MR) is 57.9 cm³/mol. The molecule has 0 bridgehead atoms. The summed E-state index contributed by atoms with van der Waals surface area (Å²) in [6.45, 7) is 0.397. The molecule has 0 radical (unpaired) electrons. The standard InChI is InChI=1S/C12H12FNO3/c13-9-3-1-7(2-4-9)8-5-10(12(16)17)11(15)14-6-8/h1-4,8,10H,5-6H2,(H,14,15)(H,16,17)/t8-,10-/m0/s1. The second kappa shape index (κ2) is 4.53. The monoisotopic (exact) mass is 237 g/mol. The summed E-state index contributed by atoms with van der Waals surface area (Å²) in [7, 11) is 0. The number of nitrogens with one attached hydrogen (secondary N) is 1. The van der Waals surface area contributed by atoms with Crippen LogP contribution >= 0.6 is 0 Å². The number of carboxylic acids is 1. The van der Waals surface area contributed by atoms with Crippen LogP contribution in [0.25, 0.3) is 0 Å². The molecular weight excluding hydrogens is 225 g/mol. The van der Waals surface area contributed by atoms with Gasteiger partial charge in [0.15, 0.2) is 0 Å². The number of hydrogen-bond acceptors (Lipinski definition) is 2. The van der Waals surface area contributed by atoms with Crippen molar-refractivity contribution in [2.45, 2.75) is 12.3 Å². The van der Waals surface area contributed by atoms with Crippen molar-refractivity contribution in [3.8, 4) is 0 Å². The Bertz CT molecular complexity index is 444. The lowest BCUT2D eigenvalue weighted by atomic mass is 9.85. The van der Waals surface area contributed by atoms with Crippen molar-refractivity contribution in [3.63, 3.8) is 0 Å². The largest absolute Gasteiger partial charge is 0.481 e. The second-order valence-corrected chi connectivity index (χ2v) is 4.12. The Morgan fingerprint density at radius 1 is 1.35 bits per heavy atom. The molecular formula is C12H12FNO3. The fourth-order valence-corrected chi connectivity index (χ4v) is 2.02. The average Bonchev–Trinajstić information content (AvgIpc) is 2.30. The molecule has 1 aliphatic heterocycles. The third-order valence-corrected chi connectivity index (χ3v) is 3.00. The van der Waals surface area contributed by atoms with Gasteiger partial charge in [-0.25, -0.2) is 4.39 Å². The third kappa shape index (κ3) is 2.43. The van der Waals surface area contributed by atoms with E-state index in [4.69, 9.17) is 5.11 Å². The van der Waals surface area contributed by atoms with Crippen molar-refractivity contribution in [2.24, 2.45) is 5.92 Å². The van der Waals surface area contributed by atoms with Crippen molar-refractivity contribution in [3.05, 3.63) is 35.6 Å². The zero-order chi connectivity index (χ0) is 12.4. The van der Waals surface area contributed by atoms with E-state index in [1.807, 2.05) is 0 Å². The van der Waals surface area contributed by atoms with Crippen molar-refractivity contribution in [1.29, 1.82) is 0 Å². The van der Waals surface area contributed by atoms with Crippen LogP contribution in [0.15, 0.2) is 24.3 Å². The van der Waals surface area contributed by atoms with Crippen molar-refractivity contribution in [2.75, 3.05) is 6.54 Å². The van der Waals surface area contributed by atoms with Gasteiger partial charge in [0, 0.05) is 12.5 Å². The Labute approximate surface area is 97.4 Å². The summed E-state index contributed by atoms with van der Waals surface area (Å²) in [5.74, 6) is -2.98. The topological polar surface area (TPSA) is 66.4 Å². The zero-order valence-electron chi connectivity index (χ0n) is 9.02. The molecule has 1 saturated heterocycles. The van der Waals surface area contributed by atoms with Gasteiger partial charge < -0.3 is 10.4 Å². The molecule has 4 nitrogen and oxygen atoms in total. The van der Waals surface area contributed by atoms with Gasteiger partial charge in [-0.1, -0.05) is 12.1 Å². The molecule has 1 heterocycles. The maximum atomic E-state index is 12.8. The van der Waals surface area contributed by atoms with Crippen LogP contribution < -0.4 is 5.32 Å². The molecule has 2 N–H and O–H groups in total. The highest BCUT2D eigenvalue weighted by Crippen LogP contribution is 2.27. The highest BCUT2D eigenvalue weighted by molar-refractivity contribution is 5.97. The van der Waals surface area contributed by atoms with Gasteiger partial charge >= 0.3 is 5.97 Å². The van der Waals surface area contributed by atoms with Gasteiger partial charge in [-0.3, -0.25) is 9.59 Å². The molecule has 0 aliphatic carbocycles. The van der Waals surface area contributed by atoms with Gasteiger partial charge in [-0.05, 0) is 24.1 Å². The molecule has 0 saturated carbocycles. The summed E-state index contributed by atoms with van der Waals surface area (Å²) >= 11 is 0. The Morgan fingerprint density at radius 3 is 2.59 bits per heavy atom. The summed E-state index contributed by atoms with van der Waals surface area (Å²) in [5, 5.41) is 11.5. The van der Waals surface area contributed by atoms with Crippen LogP contribution in [0.4, 0.5) is 4.39 Å². The van der Waals surface area contributed by atoms with E-state index in [-0.39, 0.29) is 18.2 Å². The number of carbonyl (C=O) groups is 2.